The standard InChI is InChI=1S/C8H10O4.C4H5ClO3.C4H6O/c1-2-12-8(10)7(9)6-3-4-11-5-6;1-2-8-4(7)3(5)6;1-2-4-5-3-1/h5H,2-4H2,1H3;2H2,1H3;1,3H,2,4H2. The van der Waals surface area contributed by atoms with Gasteiger partial charge in [-0.25, -0.2) is 9.59 Å². The van der Waals surface area contributed by atoms with E-state index in [1.54, 1.807) is 20.1 Å². The van der Waals surface area contributed by atoms with Crippen LogP contribution in [0.5, 0.6) is 0 Å². The number of hydrogen-bond acceptors (Lipinski definition) is 8. The van der Waals surface area contributed by atoms with Crippen LogP contribution in [0.1, 0.15) is 26.7 Å². The molecule has 0 saturated carbocycles. The Kier molecular flexibility index (Phi) is 12.7. The maximum atomic E-state index is 11.1. The highest BCUT2D eigenvalue weighted by molar-refractivity contribution is 6.80. The summed E-state index contributed by atoms with van der Waals surface area (Å²) in [7, 11) is 0. The van der Waals surface area contributed by atoms with Gasteiger partial charge in [0.15, 0.2) is 0 Å². The first-order valence-corrected chi connectivity index (χ1v) is 7.97. The van der Waals surface area contributed by atoms with E-state index in [4.69, 9.17) is 21.1 Å². The maximum Gasteiger partial charge on any atom is 0.391 e. The zero-order chi connectivity index (χ0) is 19.1. The Labute approximate surface area is 150 Å². The Morgan fingerprint density at radius 2 is 1.68 bits per heavy atom. The molecule has 0 atom stereocenters. The van der Waals surface area contributed by atoms with Gasteiger partial charge in [-0.1, -0.05) is 0 Å². The van der Waals surface area contributed by atoms with Crippen molar-refractivity contribution >= 4 is 34.6 Å². The van der Waals surface area contributed by atoms with E-state index in [9.17, 15) is 19.2 Å². The van der Waals surface area contributed by atoms with Gasteiger partial charge in [-0.05, 0) is 31.5 Å². The molecule has 0 spiro atoms. The summed E-state index contributed by atoms with van der Waals surface area (Å²) in [5.41, 5.74) is 0.397. The molecule has 9 heteroatoms. The molecule has 0 fully saturated rings. The summed E-state index contributed by atoms with van der Waals surface area (Å²) < 4.78 is 18.3. The third-order valence-electron chi connectivity index (χ3n) is 2.50. The summed E-state index contributed by atoms with van der Waals surface area (Å²) in [5, 5.41) is -1.08. The summed E-state index contributed by atoms with van der Waals surface area (Å²) in [6.07, 6.45) is 6.66. The molecule has 2 aliphatic heterocycles. The van der Waals surface area contributed by atoms with Crippen molar-refractivity contribution < 1.29 is 38.1 Å². The van der Waals surface area contributed by atoms with Crippen LogP contribution in [0, 0.1) is 0 Å². The number of esters is 2. The molecule has 140 valence electrons. The lowest BCUT2D eigenvalue weighted by Gasteiger charge is -1.98. The zero-order valence-corrected chi connectivity index (χ0v) is 14.9. The Morgan fingerprint density at radius 1 is 1.04 bits per heavy atom. The van der Waals surface area contributed by atoms with Gasteiger partial charge in [-0.3, -0.25) is 9.59 Å². The molecule has 2 aliphatic rings. The van der Waals surface area contributed by atoms with E-state index in [1.807, 2.05) is 6.08 Å². The molecule has 0 N–H and O–H groups in total. The molecule has 0 radical (unpaired) electrons. The first kappa shape index (κ1) is 22.6. The van der Waals surface area contributed by atoms with Crippen molar-refractivity contribution in [2.45, 2.75) is 26.7 Å². The van der Waals surface area contributed by atoms with Crippen molar-refractivity contribution in [2.75, 3.05) is 26.4 Å². The van der Waals surface area contributed by atoms with Crippen LogP contribution in [0.15, 0.2) is 24.2 Å². The Balaban J connectivity index is 0.000000380. The normalized spacial score (nSPS) is 13.6. The van der Waals surface area contributed by atoms with Crippen molar-refractivity contribution in [3.8, 4) is 0 Å². The molecule has 0 aromatic rings. The molecular weight excluding hydrogens is 356 g/mol. The molecular formula is C16H21ClO8. The Hall–Kier alpha value is -2.35. The molecule has 0 unspecified atom stereocenters. The number of hydrogen-bond donors (Lipinski definition) is 0. The molecule has 2 heterocycles. The topological polar surface area (TPSA) is 105 Å². The van der Waals surface area contributed by atoms with Crippen LogP contribution in [0.2, 0.25) is 0 Å². The molecule has 0 aliphatic carbocycles. The minimum Gasteiger partial charge on any atom is -0.501 e. The second kappa shape index (κ2) is 14.0. The third kappa shape index (κ3) is 10.9. The lowest BCUT2D eigenvalue weighted by molar-refractivity contribution is -0.151. The van der Waals surface area contributed by atoms with E-state index in [0.29, 0.717) is 18.6 Å². The average Bonchev–Trinajstić information content (AvgIpc) is 3.31. The van der Waals surface area contributed by atoms with Crippen LogP contribution in [-0.4, -0.2) is 49.4 Å². The number of carbonyl (C=O) groups excluding carboxylic acids is 4. The minimum atomic E-state index is -1.08. The number of Topliss-reactive ketones (excluding diaryl/α,β-unsaturated/α-hetero) is 1. The zero-order valence-electron chi connectivity index (χ0n) is 14.1. The summed E-state index contributed by atoms with van der Waals surface area (Å²) in [6, 6.07) is 0. The minimum absolute atomic E-state index is 0.178. The van der Waals surface area contributed by atoms with Gasteiger partial charge in [-0.2, -0.15) is 0 Å². The van der Waals surface area contributed by atoms with Gasteiger partial charge in [0, 0.05) is 18.4 Å². The second-order valence-corrected chi connectivity index (χ2v) is 4.68. The van der Waals surface area contributed by atoms with Gasteiger partial charge in [0.1, 0.15) is 0 Å². The van der Waals surface area contributed by atoms with Crippen LogP contribution in [0.25, 0.3) is 0 Å². The quantitative estimate of drug-likeness (QED) is 0.405. The SMILES string of the molecule is C1=COCC1.CCOC(=O)C(=O)C1=COCC1.CCOC(=O)C(=O)Cl. The van der Waals surface area contributed by atoms with E-state index in [0.717, 1.165) is 13.0 Å². The molecule has 0 aromatic heterocycles. The maximum absolute atomic E-state index is 11.1. The van der Waals surface area contributed by atoms with Crippen LogP contribution in [0.4, 0.5) is 0 Å². The van der Waals surface area contributed by atoms with Crippen molar-refractivity contribution in [3.05, 3.63) is 24.2 Å². The number of ketones is 1. The highest BCUT2D eigenvalue weighted by Gasteiger charge is 2.22. The van der Waals surface area contributed by atoms with Crippen LogP contribution < -0.4 is 0 Å². The van der Waals surface area contributed by atoms with E-state index in [2.05, 4.69) is 9.47 Å². The highest BCUT2D eigenvalue weighted by Crippen LogP contribution is 2.11. The smallest absolute Gasteiger partial charge is 0.391 e. The van der Waals surface area contributed by atoms with Crippen molar-refractivity contribution in [3.63, 3.8) is 0 Å². The Bertz CT molecular complexity index is 518. The fourth-order valence-corrected chi connectivity index (χ4v) is 1.46. The molecule has 0 aromatic carbocycles. The molecule has 0 saturated heterocycles. The van der Waals surface area contributed by atoms with Crippen LogP contribution in [0.3, 0.4) is 0 Å². The van der Waals surface area contributed by atoms with Crippen molar-refractivity contribution in [2.24, 2.45) is 0 Å². The fourth-order valence-electron chi connectivity index (χ4n) is 1.41. The first-order valence-electron chi connectivity index (χ1n) is 7.59. The third-order valence-corrected chi connectivity index (χ3v) is 2.65. The second-order valence-electron chi connectivity index (χ2n) is 4.34. The summed E-state index contributed by atoms with van der Waals surface area (Å²) >= 11 is 4.69. The summed E-state index contributed by atoms with van der Waals surface area (Å²) in [5.74, 6) is -2.38. The van der Waals surface area contributed by atoms with Gasteiger partial charge in [0.25, 0.3) is 5.78 Å². The molecule has 8 nitrogen and oxygen atoms in total. The molecule has 2 rings (SSSR count). The first-order chi connectivity index (χ1) is 11.9. The van der Waals surface area contributed by atoms with Gasteiger partial charge >= 0.3 is 17.2 Å². The van der Waals surface area contributed by atoms with E-state index in [-0.39, 0.29) is 13.2 Å². The monoisotopic (exact) mass is 376 g/mol. The fraction of sp³-hybridized carbons (Fsp3) is 0.500. The Morgan fingerprint density at radius 3 is 2.00 bits per heavy atom. The highest BCUT2D eigenvalue weighted by atomic mass is 35.5. The average molecular weight is 377 g/mol. The van der Waals surface area contributed by atoms with Crippen molar-refractivity contribution in [1.82, 2.24) is 0 Å². The predicted octanol–water partition coefficient (Wildman–Crippen LogP) is 1.66. The molecule has 0 amide bonds. The lowest BCUT2D eigenvalue weighted by atomic mass is 10.1. The lowest BCUT2D eigenvalue weighted by Crippen LogP contribution is -2.18. The number of halogens is 1. The molecule has 0 bridgehead atoms. The number of rotatable bonds is 5. The van der Waals surface area contributed by atoms with Crippen LogP contribution in [-0.2, 0) is 38.1 Å². The predicted molar refractivity (Wildman–Crippen MR) is 87.5 cm³/mol. The van der Waals surface area contributed by atoms with Gasteiger partial charge in [0.2, 0.25) is 0 Å². The summed E-state index contributed by atoms with van der Waals surface area (Å²) in [4.78, 5) is 41.8. The van der Waals surface area contributed by atoms with Crippen LogP contribution >= 0.6 is 11.6 Å². The largest absolute Gasteiger partial charge is 0.501 e. The van der Waals surface area contributed by atoms with E-state index >= 15 is 0 Å². The van der Waals surface area contributed by atoms with E-state index in [1.165, 1.54) is 6.26 Å². The molecule has 25 heavy (non-hydrogen) atoms. The van der Waals surface area contributed by atoms with Crippen molar-refractivity contribution in [1.29, 1.82) is 0 Å². The number of ether oxygens (including phenoxy) is 4. The number of carbonyl (C=O) groups is 4. The van der Waals surface area contributed by atoms with Gasteiger partial charge in [-0.15, -0.1) is 0 Å². The van der Waals surface area contributed by atoms with Gasteiger partial charge < -0.3 is 18.9 Å². The van der Waals surface area contributed by atoms with E-state index < -0.39 is 23.0 Å². The van der Waals surface area contributed by atoms with Gasteiger partial charge in [0.05, 0.1) is 39.0 Å². The summed E-state index contributed by atoms with van der Waals surface area (Å²) in [6.45, 7) is 5.01.